The number of nitrogens with one attached hydrogen (secondary N) is 1. The van der Waals surface area contributed by atoms with Gasteiger partial charge in [-0.25, -0.2) is 9.69 Å². The molecule has 2 saturated carbocycles. The third kappa shape index (κ3) is 3.78. The summed E-state index contributed by atoms with van der Waals surface area (Å²) in [6, 6.07) is 7.72. The second-order valence-corrected chi connectivity index (χ2v) is 9.74. The van der Waals surface area contributed by atoms with E-state index in [4.69, 9.17) is 4.42 Å². The van der Waals surface area contributed by atoms with Crippen molar-refractivity contribution in [2.45, 2.75) is 63.6 Å². The molecule has 1 aromatic heterocycles. The molecule has 31 heavy (non-hydrogen) atoms. The van der Waals surface area contributed by atoms with Crippen LogP contribution >= 0.6 is 15.9 Å². The average Bonchev–Trinajstić information content (AvgIpc) is 3.46. The lowest BCUT2D eigenvalue weighted by molar-refractivity contribution is -0.135. The molecule has 1 aliphatic heterocycles. The van der Waals surface area contributed by atoms with Crippen LogP contribution in [-0.2, 0) is 11.3 Å². The van der Waals surface area contributed by atoms with Crippen molar-refractivity contribution in [2.75, 3.05) is 6.67 Å². The van der Waals surface area contributed by atoms with Gasteiger partial charge in [-0.15, -0.1) is 10.2 Å². The maximum atomic E-state index is 13.3. The standard InChI is InChI=1S/C22H26BrN5O3/c1-14-6-4-5-11-22(14)20(29)28(21(30)24-22)13-27(15-9-10-15)12-18-25-26-19(31-18)16-7-2-3-8-17(16)23/h2-3,7-8,14-15H,4-6,9-13H2,1H3,(H,24,30)/t14-,22+/m1/s1. The van der Waals surface area contributed by atoms with E-state index in [2.05, 4.69) is 43.3 Å². The van der Waals surface area contributed by atoms with Gasteiger partial charge >= 0.3 is 6.03 Å². The summed E-state index contributed by atoms with van der Waals surface area (Å²) in [5, 5.41) is 11.4. The number of amides is 3. The topological polar surface area (TPSA) is 91.6 Å². The number of benzene rings is 1. The largest absolute Gasteiger partial charge is 0.419 e. The van der Waals surface area contributed by atoms with Crippen LogP contribution in [0.15, 0.2) is 33.2 Å². The predicted molar refractivity (Wildman–Crippen MR) is 117 cm³/mol. The number of imide groups is 1. The zero-order valence-corrected chi connectivity index (χ0v) is 19.1. The molecular weight excluding hydrogens is 462 g/mol. The first kappa shape index (κ1) is 20.6. The first-order chi connectivity index (χ1) is 15.0. The molecular formula is C22H26BrN5O3. The second kappa shape index (κ2) is 8.02. The van der Waals surface area contributed by atoms with E-state index in [1.165, 1.54) is 4.90 Å². The van der Waals surface area contributed by atoms with E-state index in [-0.39, 0.29) is 24.5 Å². The number of hydrogen-bond donors (Lipinski definition) is 1. The van der Waals surface area contributed by atoms with Gasteiger partial charge in [0.1, 0.15) is 5.54 Å². The second-order valence-electron chi connectivity index (χ2n) is 8.88. The Morgan fingerprint density at radius 1 is 1.23 bits per heavy atom. The molecule has 5 rings (SSSR count). The molecule has 8 nitrogen and oxygen atoms in total. The summed E-state index contributed by atoms with van der Waals surface area (Å²) in [6.07, 6.45) is 5.84. The summed E-state index contributed by atoms with van der Waals surface area (Å²) >= 11 is 3.51. The lowest BCUT2D eigenvalue weighted by Crippen LogP contribution is -2.54. The maximum absolute atomic E-state index is 13.3. The molecule has 1 aromatic carbocycles. The number of carbonyl (C=O) groups is 2. The Morgan fingerprint density at radius 2 is 2.03 bits per heavy atom. The van der Waals surface area contributed by atoms with Crippen molar-refractivity contribution < 1.29 is 14.0 Å². The Balaban J connectivity index is 1.32. The smallest absolute Gasteiger partial charge is 0.326 e. The Bertz CT molecular complexity index is 1010. The minimum absolute atomic E-state index is 0.0882. The van der Waals surface area contributed by atoms with Crippen molar-refractivity contribution in [3.63, 3.8) is 0 Å². The van der Waals surface area contributed by atoms with Crippen LogP contribution < -0.4 is 5.32 Å². The van der Waals surface area contributed by atoms with E-state index in [0.29, 0.717) is 24.4 Å². The molecule has 1 saturated heterocycles. The third-order valence-corrected chi connectivity index (χ3v) is 7.49. The van der Waals surface area contributed by atoms with Crippen LogP contribution in [-0.4, -0.2) is 50.2 Å². The van der Waals surface area contributed by atoms with E-state index in [9.17, 15) is 9.59 Å². The summed E-state index contributed by atoms with van der Waals surface area (Å²) in [5.41, 5.74) is 0.100. The van der Waals surface area contributed by atoms with Crippen LogP contribution in [0.25, 0.3) is 11.5 Å². The van der Waals surface area contributed by atoms with E-state index in [0.717, 1.165) is 48.6 Å². The summed E-state index contributed by atoms with van der Waals surface area (Å²) < 4.78 is 6.79. The van der Waals surface area contributed by atoms with Gasteiger partial charge in [0.25, 0.3) is 5.91 Å². The number of hydrogen-bond acceptors (Lipinski definition) is 6. The predicted octanol–water partition coefficient (Wildman–Crippen LogP) is 3.92. The Labute approximate surface area is 189 Å². The first-order valence-corrected chi connectivity index (χ1v) is 11.7. The summed E-state index contributed by atoms with van der Waals surface area (Å²) in [6.45, 7) is 2.72. The number of carbonyl (C=O) groups excluding carboxylic acids is 2. The quantitative estimate of drug-likeness (QED) is 0.620. The lowest BCUT2D eigenvalue weighted by atomic mass is 9.73. The van der Waals surface area contributed by atoms with Crippen molar-refractivity contribution >= 4 is 27.9 Å². The molecule has 3 aliphatic rings. The van der Waals surface area contributed by atoms with Gasteiger partial charge in [-0.05, 0) is 59.7 Å². The number of urea groups is 1. The Kier molecular flexibility index (Phi) is 5.34. The lowest BCUT2D eigenvalue weighted by Gasteiger charge is -2.37. The fourth-order valence-corrected chi connectivity index (χ4v) is 5.23. The zero-order chi connectivity index (χ0) is 21.6. The Hall–Kier alpha value is -2.26. The highest BCUT2D eigenvalue weighted by atomic mass is 79.9. The summed E-state index contributed by atoms with van der Waals surface area (Å²) in [4.78, 5) is 29.6. The maximum Gasteiger partial charge on any atom is 0.326 e. The average molecular weight is 488 g/mol. The summed E-state index contributed by atoms with van der Waals surface area (Å²) in [7, 11) is 0. The van der Waals surface area contributed by atoms with E-state index in [1.807, 2.05) is 24.3 Å². The highest BCUT2D eigenvalue weighted by molar-refractivity contribution is 9.10. The van der Waals surface area contributed by atoms with Crippen LogP contribution in [0.4, 0.5) is 4.79 Å². The van der Waals surface area contributed by atoms with E-state index >= 15 is 0 Å². The van der Waals surface area contributed by atoms with Gasteiger partial charge in [0.05, 0.1) is 18.8 Å². The third-order valence-electron chi connectivity index (χ3n) is 6.80. The minimum Gasteiger partial charge on any atom is -0.419 e. The fraction of sp³-hybridized carbons (Fsp3) is 0.545. The molecule has 2 atom stereocenters. The van der Waals surface area contributed by atoms with Crippen molar-refractivity contribution in [3.8, 4) is 11.5 Å². The molecule has 3 amide bonds. The summed E-state index contributed by atoms with van der Waals surface area (Å²) in [5.74, 6) is 0.989. The molecule has 1 spiro atoms. The Morgan fingerprint density at radius 3 is 2.77 bits per heavy atom. The van der Waals surface area contributed by atoms with Crippen molar-refractivity contribution in [2.24, 2.45) is 5.92 Å². The molecule has 0 bridgehead atoms. The molecule has 2 aliphatic carbocycles. The van der Waals surface area contributed by atoms with Crippen molar-refractivity contribution in [1.29, 1.82) is 0 Å². The minimum atomic E-state index is -0.734. The molecule has 2 heterocycles. The molecule has 2 aromatic rings. The number of aromatic nitrogens is 2. The van der Waals surface area contributed by atoms with Crippen molar-refractivity contribution in [3.05, 3.63) is 34.6 Å². The van der Waals surface area contributed by atoms with Gasteiger partial charge in [0.15, 0.2) is 0 Å². The van der Waals surface area contributed by atoms with Gasteiger partial charge in [0.2, 0.25) is 11.8 Å². The fourth-order valence-electron chi connectivity index (χ4n) is 4.77. The monoisotopic (exact) mass is 487 g/mol. The van der Waals surface area contributed by atoms with Crippen LogP contribution in [0.1, 0.15) is 51.3 Å². The molecule has 0 radical (unpaired) electrons. The number of rotatable bonds is 6. The number of halogens is 1. The molecule has 0 unspecified atom stereocenters. The van der Waals surface area contributed by atoms with Crippen LogP contribution in [0.3, 0.4) is 0 Å². The first-order valence-electron chi connectivity index (χ1n) is 10.9. The van der Waals surface area contributed by atoms with Crippen molar-refractivity contribution in [1.82, 2.24) is 25.3 Å². The molecule has 3 fully saturated rings. The van der Waals surface area contributed by atoms with Crippen LogP contribution in [0.5, 0.6) is 0 Å². The molecule has 9 heteroatoms. The van der Waals surface area contributed by atoms with Gasteiger partial charge in [0, 0.05) is 10.5 Å². The highest BCUT2D eigenvalue weighted by Gasteiger charge is 2.55. The zero-order valence-electron chi connectivity index (χ0n) is 17.5. The normalized spacial score (nSPS) is 26.2. The SMILES string of the molecule is C[C@@H]1CCCC[C@]12NC(=O)N(CN(Cc1nnc(-c3ccccc3Br)o1)C1CC1)C2=O. The van der Waals surface area contributed by atoms with Gasteiger partial charge in [-0.1, -0.05) is 31.9 Å². The van der Waals surface area contributed by atoms with E-state index in [1.54, 1.807) is 0 Å². The molecule has 1 N–H and O–H groups in total. The van der Waals surface area contributed by atoms with Gasteiger partial charge < -0.3 is 9.73 Å². The number of nitrogens with zero attached hydrogens (tertiary/aromatic N) is 4. The van der Waals surface area contributed by atoms with E-state index < -0.39 is 5.54 Å². The van der Waals surface area contributed by atoms with Gasteiger partial charge in [-0.3, -0.25) is 9.69 Å². The van der Waals surface area contributed by atoms with Gasteiger partial charge in [-0.2, -0.15) is 0 Å². The van der Waals surface area contributed by atoms with Crippen LogP contribution in [0.2, 0.25) is 0 Å². The molecule has 164 valence electrons. The van der Waals surface area contributed by atoms with Crippen LogP contribution in [0, 0.1) is 5.92 Å². The highest BCUT2D eigenvalue weighted by Crippen LogP contribution is 2.39.